The lowest BCUT2D eigenvalue weighted by Gasteiger charge is -2.28. The number of carbonyl (C=O) groups excluding carboxylic acids is 2. The van der Waals surface area contributed by atoms with Crippen LogP contribution in [0.2, 0.25) is 0 Å². The number of hydrogen-bond acceptors (Lipinski definition) is 10. The monoisotopic (exact) mass is 676 g/mol. The quantitative estimate of drug-likeness (QED) is 0.0507. The number of carbonyl (C=O) groups is 2. The molecule has 0 saturated heterocycles. The Balaban J connectivity index is 1.44. The summed E-state index contributed by atoms with van der Waals surface area (Å²) in [5.41, 5.74) is 5.68. The minimum absolute atomic E-state index is 0.0195. The maximum Gasteiger partial charge on any atom is 0.337 e. The molecule has 2 atom stereocenters. The Morgan fingerprint density at radius 2 is 1.80 bits per heavy atom. The summed E-state index contributed by atoms with van der Waals surface area (Å²) in [6.07, 6.45) is 2.50. The van der Waals surface area contributed by atoms with Crippen molar-refractivity contribution in [3.63, 3.8) is 0 Å². The van der Waals surface area contributed by atoms with Gasteiger partial charge >= 0.3 is 12.0 Å². The van der Waals surface area contributed by atoms with Crippen LogP contribution in [0.1, 0.15) is 49.1 Å². The summed E-state index contributed by atoms with van der Waals surface area (Å²) in [6, 6.07) is 13.7. The standard InChI is InChI=1S/C36H41FN4O8/c1-6-11-25-16-23(17-30(47-8-3)34(25)49-20-26-12-9-10-13-27(26)37)19-38-41-31(42)21-48-28-15-14-24(18-29(28)46-7-2)33-32(35(43)45-5)22(4)39-36(44)40-33/h6,9-10,12-19,31,33,41-42H,1,7-8,11,20-21H2,2-5H3,(H2,39,40,44)/b38-19-/t31-,33-/m0/s1. The molecule has 0 fully saturated rings. The Morgan fingerprint density at radius 1 is 1.04 bits per heavy atom. The van der Waals surface area contributed by atoms with E-state index < -0.39 is 24.3 Å². The van der Waals surface area contributed by atoms with Gasteiger partial charge in [-0.1, -0.05) is 30.3 Å². The lowest BCUT2D eigenvalue weighted by Crippen LogP contribution is -2.45. The van der Waals surface area contributed by atoms with Gasteiger partial charge in [-0.2, -0.15) is 5.10 Å². The van der Waals surface area contributed by atoms with Crippen molar-refractivity contribution < 1.29 is 42.8 Å². The predicted molar refractivity (Wildman–Crippen MR) is 181 cm³/mol. The van der Waals surface area contributed by atoms with Crippen molar-refractivity contribution in [2.24, 2.45) is 5.10 Å². The lowest BCUT2D eigenvalue weighted by atomic mass is 9.95. The molecule has 13 heteroatoms. The van der Waals surface area contributed by atoms with Gasteiger partial charge in [0, 0.05) is 16.8 Å². The second-order valence-electron chi connectivity index (χ2n) is 10.7. The summed E-state index contributed by atoms with van der Waals surface area (Å²) in [7, 11) is 1.27. The molecule has 1 heterocycles. The largest absolute Gasteiger partial charge is 0.490 e. The van der Waals surface area contributed by atoms with E-state index in [1.807, 2.05) is 13.0 Å². The van der Waals surface area contributed by atoms with E-state index in [2.05, 4.69) is 27.7 Å². The smallest absolute Gasteiger partial charge is 0.337 e. The number of halogens is 1. The maximum absolute atomic E-state index is 14.2. The Morgan fingerprint density at radius 3 is 2.51 bits per heavy atom. The van der Waals surface area contributed by atoms with Gasteiger partial charge in [-0.15, -0.1) is 6.58 Å². The minimum atomic E-state index is -1.20. The van der Waals surface area contributed by atoms with Crippen LogP contribution in [0.15, 0.2) is 83.6 Å². The van der Waals surface area contributed by atoms with Crippen molar-refractivity contribution in [3.8, 4) is 23.0 Å². The number of aliphatic hydroxyl groups is 1. The Labute approximate surface area is 284 Å². The van der Waals surface area contributed by atoms with Crippen molar-refractivity contribution >= 4 is 18.2 Å². The first kappa shape index (κ1) is 36.3. The second-order valence-corrected chi connectivity index (χ2v) is 10.7. The highest BCUT2D eigenvalue weighted by atomic mass is 19.1. The van der Waals surface area contributed by atoms with Gasteiger partial charge in [-0.3, -0.25) is 5.43 Å². The molecule has 4 N–H and O–H groups in total. The molecule has 49 heavy (non-hydrogen) atoms. The van der Waals surface area contributed by atoms with E-state index in [-0.39, 0.29) is 24.6 Å². The SMILES string of the molecule is C=CCc1cc(/C=N\N[C@@H](O)COc2ccc([C@@H]3NC(=O)NC(C)=C3C(=O)OC)cc2OCC)cc(OCC)c1OCc1ccccc1F. The minimum Gasteiger partial charge on any atom is -0.490 e. The van der Waals surface area contributed by atoms with Crippen molar-refractivity contribution in [1.82, 2.24) is 16.1 Å². The second kappa shape index (κ2) is 17.6. The molecular weight excluding hydrogens is 635 g/mol. The van der Waals surface area contributed by atoms with Crippen LogP contribution in [-0.4, -0.2) is 56.5 Å². The summed E-state index contributed by atoms with van der Waals surface area (Å²) in [6.45, 7) is 9.62. The molecule has 0 bridgehead atoms. The number of rotatable bonds is 17. The van der Waals surface area contributed by atoms with E-state index in [1.54, 1.807) is 62.4 Å². The summed E-state index contributed by atoms with van der Waals surface area (Å²) in [4.78, 5) is 24.7. The Hall–Kier alpha value is -5.56. The molecule has 3 aromatic rings. The van der Waals surface area contributed by atoms with Crippen LogP contribution in [0.4, 0.5) is 9.18 Å². The zero-order chi connectivity index (χ0) is 35.3. The molecule has 0 spiro atoms. The zero-order valence-corrected chi connectivity index (χ0v) is 27.9. The number of methoxy groups -OCH3 is 1. The summed E-state index contributed by atoms with van der Waals surface area (Å²) in [5, 5.41) is 20.1. The molecule has 0 aliphatic carbocycles. The number of aliphatic hydroxyl groups excluding tert-OH is 1. The van der Waals surface area contributed by atoms with Crippen molar-refractivity contribution in [2.75, 3.05) is 26.9 Å². The number of urea groups is 1. The predicted octanol–water partition coefficient (Wildman–Crippen LogP) is 5.05. The first-order valence-corrected chi connectivity index (χ1v) is 15.7. The van der Waals surface area contributed by atoms with Gasteiger partial charge in [0.2, 0.25) is 0 Å². The number of ether oxygens (including phenoxy) is 5. The van der Waals surface area contributed by atoms with E-state index >= 15 is 0 Å². The van der Waals surface area contributed by atoms with Gasteiger partial charge in [-0.05, 0) is 68.7 Å². The molecule has 3 aromatic carbocycles. The third kappa shape index (κ3) is 9.51. The lowest BCUT2D eigenvalue weighted by molar-refractivity contribution is -0.136. The first-order valence-electron chi connectivity index (χ1n) is 15.7. The summed E-state index contributed by atoms with van der Waals surface area (Å²) in [5.74, 6) is 0.679. The molecule has 1 aliphatic rings. The zero-order valence-electron chi connectivity index (χ0n) is 27.9. The number of nitrogens with one attached hydrogen (secondary N) is 3. The van der Waals surface area contributed by atoms with E-state index in [0.717, 1.165) is 5.56 Å². The first-order chi connectivity index (χ1) is 23.7. The highest BCUT2D eigenvalue weighted by molar-refractivity contribution is 5.95. The van der Waals surface area contributed by atoms with Crippen LogP contribution >= 0.6 is 0 Å². The Kier molecular flexibility index (Phi) is 13.0. The third-order valence-electron chi connectivity index (χ3n) is 7.26. The summed E-state index contributed by atoms with van der Waals surface area (Å²) >= 11 is 0. The van der Waals surface area contributed by atoms with Crippen molar-refractivity contribution in [2.45, 2.75) is 46.1 Å². The van der Waals surface area contributed by atoms with Gasteiger partial charge in [0.05, 0.1) is 38.2 Å². The van der Waals surface area contributed by atoms with E-state index in [0.29, 0.717) is 65.0 Å². The van der Waals surface area contributed by atoms with E-state index in [4.69, 9.17) is 23.7 Å². The topological polar surface area (TPSA) is 149 Å². The number of benzene rings is 3. The van der Waals surface area contributed by atoms with E-state index in [1.165, 1.54) is 19.4 Å². The van der Waals surface area contributed by atoms with Crippen LogP contribution in [0.3, 0.4) is 0 Å². The number of hydrogen-bond donors (Lipinski definition) is 4. The van der Waals surface area contributed by atoms with Gasteiger partial charge in [0.15, 0.2) is 29.2 Å². The molecule has 0 radical (unpaired) electrons. The molecular formula is C36H41FN4O8. The molecule has 0 saturated carbocycles. The van der Waals surface area contributed by atoms with Crippen LogP contribution in [-0.2, 0) is 22.6 Å². The molecule has 4 rings (SSSR count). The van der Waals surface area contributed by atoms with Crippen LogP contribution < -0.4 is 35.0 Å². The highest BCUT2D eigenvalue weighted by Gasteiger charge is 2.32. The van der Waals surface area contributed by atoms with E-state index in [9.17, 15) is 19.1 Å². The number of allylic oxidation sites excluding steroid dienone is 2. The van der Waals surface area contributed by atoms with Crippen molar-refractivity contribution in [1.29, 1.82) is 0 Å². The number of hydrazone groups is 1. The highest BCUT2D eigenvalue weighted by Crippen LogP contribution is 2.36. The van der Waals surface area contributed by atoms with Crippen LogP contribution in [0, 0.1) is 5.82 Å². The fourth-order valence-electron chi connectivity index (χ4n) is 5.08. The third-order valence-corrected chi connectivity index (χ3v) is 7.26. The summed E-state index contributed by atoms with van der Waals surface area (Å²) < 4.78 is 42.6. The number of nitrogens with zero attached hydrogens (tertiary/aromatic N) is 1. The average Bonchev–Trinajstić information content (AvgIpc) is 3.08. The van der Waals surface area contributed by atoms with Crippen LogP contribution in [0.5, 0.6) is 23.0 Å². The van der Waals surface area contributed by atoms with Gasteiger partial charge in [-0.25, -0.2) is 14.0 Å². The van der Waals surface area contributed by atoms with Crippen LogP contribution in [0.25, 0.3) is 0 Å². The number of amides is 2. The molecule has 0 aromatic heterocycles. The molecule has 260 valence electrons. The number of esters is 1. The fourth-order valence-corrected chi connectivity index (χ4v) is 5.08. The maximum atomic E-state index is 14.2. The molecule has 0 unspecified atom stereocenters. The van der Waals surface area contributed by atoms with Gasteiger partial charge < -0.3 is 39.4 Å². The molecule has 1 aliphatic heterocycles. The Bertz CT molecular complexity index is 1710. The van der Waals surface area contributed by atoms with Crippen molar-refractivity contribution in [3.05, 3.63) is 107 Å². The van der Waals surface area contributed by atoms with Gasteiger partial charge in [0.1, 0.15) is 19.0 Å². The fraction of sp³-hybridized carbons (Fsp3) is 0.306. The van der Waals surface area contributed by atoms with Gasteiger partial charge in [0.25, 0.3) is 0 Å². The normalized spacial score (nSPS) is 14.8. The molecule has 12 nitrogen and oxygen atoms in total. The molecule has 2 amide bonds. The average molecular weight is 677 g/mol.